The first-order valence-electron chi connectivity index (χ1n) is 6.96. The van der Waals surface area contributed by atoms with Gasteiger partial charge in [0.25, 0.3) is 0 Å². The fourth-order valence-electron chi connectivity index (χ4n) is 2.38. The Morgan fingerprint density at radius 3 is 2.90 bits per heavy atom. The molecule has 3 atom stereocenters. The van der Waals surface area contributed by atoms with Gasteiger partial charge in [-0.2, -0.15) is 0 Å². The molecular weight excluding hydrogens is 276 g/mol. The second kappa shape index (κ2) is 6.57. The molecule has 110 valence electrons. The highest BCUT2D eigenvalue weighted by Gasteiger charge is 2.32. The van der Waals surface area contributed by atoms with E-state index in [0.717, 1.165) is 5.56 Å². The average Bonchev–Trinajstić information content (AvgIpc) is 2.47. The molecule has 1 heterocycles. The molecule has 1 aromatic rings. The van der Waals surface area contributed by atoms with Crippen LogP contribution < -0.4 is 5.73 Å². The highest BCUT2D eigenvalue weighted by atomic mass is 35.5. The number of hydrogen-bond donors (Lipinski definition) is 1. The zero-order valence-electron chi connectivity index (χ0n) is 11.9. The van der Waals surface area contributed by atoms with Gasteiger partial charge in [-0.05, 0) is 19.4 Å². The number of rotatable bonds is 3. The molecule has 1 aliphatic heterocycles. The van der Waals surface area contributed by atoms with Crippen LogP contribution in [0.25, 0.3) is 0 Å². The molecule has 0 spiro atoms. The normalized spacial score (nSPS) is 24.5. The molecule has 0 saturated carbocycles. The predicted octanol–water partition coefficient (Wildman–Crippen LogP) is 2.37. The summed E-state index contributed by atoms with van der Waals surface area (Å²) in [5.74, 6) is -0.0136. The van der Waals surface area contributed by atoms with Crippen LogP contribution >= 0.6 is 11.6 Å². The van der Waals surface area contributed by atoms with Crippen LogP contribution in [0, 0.1) is 0 Å². The van der Waals surface area contributed by atoms with E-state index < -0.39 is 6.04 Å². The van der Waals surface area contributed by atoms with E-state index in [4.69, 9.17) is 22.1 Å². The van der Waals surface area contributed by atoms with Gasteiger partial charge in [-0.1, -0.05) is 36.7 Å². The summed E-state index contributed by atoms with van der Waals surface area (Å²) in [5, 5.41) is 0.666. The van der Waals surface area contributed by atoms with E-state index in [1.807, 2.05) is 43.0 Å². The van der Waals surface area contributed by atoms with E-state index in [2.05, 4.69) is 0 Å². The van der Waals surface area contributed by atoms with Crippen LogP contribution in [-0.4, -0.2) is 36.0 Å². The van der Waals surface area contributed by atoms with Crippen molar-refractivity contribution in [1.29, 1.82) is 0 Å². The molecule has 0 aromatic heterocycles. The first kappa shape index (κ1) is 15.3. The SMILES string of the molecule is CC[C@H](N)C(=O)N1C[C@H](c2ccccc2Cl)OC[C@@H]1C. The molecule has 1 amide bonds. The van der Waals surface area contributed by atoms with E-state index in [1.54, 1.807) is 0 Å². The summed E-state index contributed by atoms with van der Waals surface area (Å²) >= 11 is 6.20. The van der Waals surface area contributed by atoms with Crippen molar-refractivity contribution < 1.29 is 9.53 Å². The number of nitrogens with zero attached hydrogens (tertiary/aromatic N) is 1. The van der Waals surface area contributed by atoms with E-state index in [0.29, 0.717) is 24.6 Å². The summed E-state index contributed by atoms with van der Waals surface area (Å²) in [6.07, 6.45) is 0.451. The monoisotopic (exact) mass is 296 g/mol. The standard InChI is InChI=1S/C15H21ClN2O2/c1-3-13(17)15(19)18-8-14(20-9-10(18)2)11-6-4-5-7-12(11)16/h4-7,10,13-14H,3,8-9,17H2,1-2H3/t10-,13-,14+/m0/s1. The van der Waals surface area contributed by atoms with Crippen molar-refractivity contribution in [2.45, 2.75) is 38.5 Å². The molecule has 1 saturated heterocycles. The van der Waals surface area contributed by atoms with Crippen LogP contribution in [0.1, 0.15) is 31.9 Å². The molecular formula is C15H21ClN2O2. The smallest absolute Gasteiger partial charge is 0.239 e. The van der Waals surface area contributed by atoms with Crippen LogP contribution in [0.2, 0.25) is 5.02 Å². The number of halogens is 1. The molecule has 0 bridgehead atoms. The van der Waals surface area contributed by atoms with Gasteiger partial charge in [0.15, 0.2) is 0 Å². The summed E-state index contributed by atoms with van der Waals surface area (Å²) in [5.41, 5.74) is 6.79. The van der Waals surface area contributed by atoms with E-state index in [9.17, 15) is 4.79 Å². The van der Waals surface area contributed by atoms with Crippen molar-refractivity contribution in [3.8, 4) is 0 Å². The number of hydrogen-bond acceptors (Lipinski definition) is 3. The van der Waals surface area contributed by atoms with Crippen molar-refractivity contribution >= 4 is 17.5 Å². The maximum atomic E-state index is 12.3. The number of carbonyl (C=O) groups excluding carboxylic acids is 1. The molecule has 20 heavy (non-hydrogen) atoms. The highest BCUT2D eigenvalue weighted by molar-refractivity contribution is 6.31. The summed E-state index contributed by atoms with van der Waals surface area (Å²) in [6.45, 7) is 4.89. The van der Waals surface area contributed by atoms with Gasteiger partial charge in [0.1, 0.15) is 6.10 Å². The van der Waals surface area contributed by atoms with Gasteiger partial charge in [-0.15, -0.1) is 0 Å². The molecule has 1 aromatic carbocycles. The Kier molecular flexibility index (Phi) is 5.02. The number of benzene rings is 1. The quantitative estimate of drug-likeness (QED) is 0.931. The van der Waals surface area contributed by atoms with Gasteiger partial charge >= 0.3 is 0 Å². The third-order valence-electron chi connectivity index (χ3n) is 3.73. The Morgan fingerprint density at radius 1 is 1.55 bits per heavy atom. The van der Waals surface area contributed by atoms with E-state index >= 15 is 0 Å². The summed E-state index contributed by atoms with van der Waals surface area (Å²) < 4.78 is 5.83. The number of morpholine rings is 1. The Bertz CT molecular complexity index is 481. The van der Waals surface area contributed by atoms with Gasteiger partial charge in [-0.25, -0.2) is 0 Å². The minimum atomic E-state index is -0.442. The Labute approximate surface area is 124 Å². The van der Waals surface area contributed by atoms with Crippen molar-refractivity contribution in [3.63, 3.8) is 0 Å². The highest BCUT2D eigenvalue weighted by Crippen LogP contribution is 2.30. The van der Waals surface area contributed by atoms with Crippen LogP contribution in [0.3, 0.4) is 0 Å². The van der Waals surface area contributed by atoms with Crippen molar-refractivity contribution in [2.75, 3.05) is 13.2 Å². The van der Waals surface area contributed by atoms with Gasteiger partial charge in [-0.3, -0.25) is 4.79 Å². The Balaban J connectivity index is 2.16. The first-order chi connectivity index (χ1) is 9.54. The lowest BCUT2D eigenvalue weighted by Gasteiger charge is -2.39. The number of nitrogens with two attached hydrogens (primary N) is 1. The summed E-state index contributed by atoms with van der Waals surface area (Å²) in [6, 6.07) is 7.18. The second-order valence-corrected chi connectivity index (χ2v) is 5.61. The summed E-state index contributed by atoms with van der Waals surface area (Å²) in [4.78, 5) is 14.1. The van der Waals surface area contributed by atoms with Crippen LogP contribution in [0.5, 0.6) is 0 Å². The Hall–Kier alpha value is -1.10. The van der Waals surface area contributed by atoms with Crippen LogP contribution in [-0.2, 0) is 9.53 Å². The molecule has 0 radical (unpaired) electrons. The van der Waals surface area contributed by atoms with Crippen molar-refractivity contribution in [3.05, 3.63) is 34.9 Å². The van der Waals surface area contributed by atoms with Gasteiger partial charge in [0, 0.05) is 10.6 Å². The minimum Gasteiger partial charge on any atom is -0.369 e. The first-order valence-corrected chi connectivity index (χ1v) is 7.34. The molecule has 1 aliphatic rings. The largest absolute Gasteiger partial charge is 0.369 e. The maximum Gasteiger partial charge on any atom is 0.239 e. The molecule has 5 heteroatoms. The number of amides is 1. The molecule has 0 unspecified atom stereocenters. The fraction of sp³-hybridized carbons (Fsp3) is 0.533. The molecule has 0 aliphatic carbocycles. The second-order valence-electron chi connectivity index (χ2n) is 5.20. The topological polar surface area (TPSA) is 55.6 Å². The van der Waals surface area contributed by atoms with E-state index in [1.165, 1.54) is 0 Å². The van der Waals surface area contributed by atoms with Gasteiger partial charge in [0.05, 0.1) is 25.2 Å². The number of ether oxygens (including phenoxy) is 1. The third-order valence-corrected chi connectivity index (χ3v) is 4.07. The number of carbonyl (C=O) groups is 1. The maximum absolute atomic E-state index is 12.3. The van der Waals surface area contributed by atoms with Gasteiger partial charge < -0.3 is 15.4 Å². The van der Waals surface area contributed by atoms with Gasteiger partial charge in [0.2, 0.25) is 5.91 Å². The lowest BCUT2D eigenvalue weighted by atomic mass is 10.0. The third kappa shape index (κ3) is 3.14. The van der Waals surface area contributed by atoms with Crippen LogP contribution in [0.4, 0.5) is 0 Å². The minimum absolute atomic E-state index is 0.0136. The van der Waals surface area contributed by atoms with Crippen LogP contribution in [0.15, 0.2) is 24.3 Å². The van der Waals surface area contributed by atoms with E-state index in [-0.39, 0.29) is 18.1 Å². The van der Waals surface area contributed by atoms with Crippen molar-refractivity contribution in [1.82, 2.24) is 4.90 Å². The van der Waals surface area contributed by atoms with Crippen molar-refractivity contribution in [2.24, 2.45) is 5.73 Å². The summed E-state index contributed by atoms with van der Waals surface area (Å²) in [7, 11) is 0. The molecule has 2 N–H and O–H groups in total. The zero-order valence-corrected chi connectivity index (χ0v) is 12.6. The molecule has 1 fully saturated rings. The fourth-order valence-corrected chi connectivity index (χ4v) is 2.63. The molecule has 2 rings (SSSR count). The Morgan fingerprint density at radius 2 is 2.25 bits per heavy atom. The molecule has 4 nitrogen and oxygen atoms in total. The predicted molar refractivity (Wildman–Crippen MR) is 79.6 cm³/mol. The average molecular weight is 297 g/mol. The zero-order chi connectivity index (χ0) is 14.7. The lowest BCUT2D eigenvalue weighted by molar-refractivity contribution is -0.145. The lowest BCUT2D eigenvalue weighted by Crippen LogP contribution is -2.53.